The van der Waals surface area contributed by atoms with Crippen LogP contribution >= 0.6 is 0 Å². The van der Waals surface area contributed by atoms with Crippen LogP contribution in [0.4, 0.5) is 4.39 Å². The lowest BCUT2D eigenvalue weighted by atomic mass is 9.88. The standard InChI is InChI=1S/C29H39FN2O4S/c1-21(25-7-5-6-8-26(25)30)19-28-31-37(33,34)27(29(2,3)36-28)20-22-9-11-23(12-10-22)24-13-15-32(16-14-24)17-18-35-4/h5-12,21,24,27H,13-20H2,1-4H3/t21-,27?/m1/s1. The van der Waals surface area contributed by atoms with Crippen LogP contribution in [0.2, 0.25) is 0 Å². The fourth-order valence-corrected chi connectivity index (χ4v) is 7.17. The lowest BCUT2D eigenvalue weighted by molar-refractivity contribution is 0.0803. The van der Waals surface area contributed by atoms with Crippen LogP contribution in [0.1, 0.15) is 68.6 Å². The van der Waals surface area contributed by atoms with Gasteiger partial charge in [0.2, 0.25) is 5.90 Å². The zero-order valence-electron chi connectivity index (χ0n) is 22.3. The van der Waals surface area contributed by atoms with E-state index in [0.29, 0.717) is 17.9 Å². The predicted octanol–water partition coefficient (Wildman–Crippen LogP) is 5.29. The van der Waals surface area contributed by atoms with Crippen molar-refractivity contribution >= 4 is 15.9 Å². The van der Waals surface area contributed by atoms with Gasteiger partial charge in [-0.2, -0.15) is 0 Å². The van der Waals surface area contributed by atoms with Crippen molar-refractivity contribution in [3.8, 4) is 0 Å². The molecule has 1 saturated heterocycles. The third-order valence-corrected chi connectivity index (χ3v) is 9.64. The summed E-state index contributed by atoms with van der Waals surface area (Å²) in [6.45, 7) is 9.31. The average Bonchev–Trinajstić information content (AvgIpc) is 2.85. The molecule has 0 amide bonds. The highest BCUT2D eigenvalue weighted by Crippen LogP contribution is 2.34. The van der Waals surface area contributed by atoms with E-state index < -0.39 is 20.9 Å². The maximum Gasteiger partial charge on any atom is 0.263 e. The number of likely N-dealkylation sites (tertiary alicyclic amines) is 1. The molecule has 0 aromatic heterocycles. The van der Waals surface area contributed by atoms with Crippen molar-refractivity contribution in [3.63, 3.8) is 0 Å². The Balaban J connectivity index is 1.41. The zero-order valence-corrected chi connectivity index (χ0v) is 23.1. The number of methoxy groups -OCH3 is 1. The van der Waals surface area contributed by atoms with Crippen LogP contribution in [-0.2, 0) is 25.9 Å². The Morgan fingerprint density at radius 1 is 1.14 bits per heavy atom. The van der Waals surface area contributed by atoms with Gasteiger partial charge in [-0.25, -0.2) is 12.8 Å². The van der Waals surface area contributed by atoms with Crippen LogP contribution in [0, 0.1) is 5.82 Å². The molecule has 8 heteroatoms. The molecule has 4 rings (SSSR count). The predicted molar refractivity (Wildman–Crippen MR) is 145 cm³/mol. The molecular weight excluding hydrogens is 491 g/mol. The Morgan fingerprint density at radius 3 is 2.43 bits per heavy atom. The lowest BCUT2D eigenvalue weighted by Gasteiger charge is -2.37. The molecule has 1 fully saturated rings. The molecule has 2 heterocycles. The van der Waals surface area contributed by atoms with Gasteiger partial charge in [0.05, 0.1) is 6.61 Å². The number of hydrogen-bond donors (Lipinski definition) is 0. The van der Waals surface area contributed by atoms with Gasteiger partial charge >= 0.3 is 0 Å². The Morgan fingerprint density at radius 2 is 1.81 bits per heavy atom. The van der Waals surface area contributed by atoms with Gasteiger partial charge in [0, 0.05) is 20.1 Å². The summed E-state index contributed by atoms with van der Waals surface area (Å²) in [5, 5.41) is -0.803. The molecule has 0 radical (unpaired) electrons. The topological polar surface area (TPSA) is 68.2 Å². The van der Waals surface area contributed by atoms with Gasteiger partial charge in [-0.3, -0.25) is 0 Å². The number of hydrogen-bond acceptors (Lipinski definition) is 5. The molecule has 0 spiro atoms. The molecule has 0 saturated carbocycles. The normalized spacial score (nSPS) is 22.7. The summed E-state index contributed by atoms with van der Waals surface area (Å²) in [4.78, 5) is 2.44. The van der Waals surface area contributed by atoms with E-state index in [1.165, 1.54) is 11.6 Å². The van der Waals surface area contributed by atoms with E-state index in [9.17, 15) is 12.8 Å². The molecule has 2 aliphatic rings. The summed E-state index contributed by atoms with van der Waals surface area (Å²) in [7, 11) is -2.07. The van der Waals surface area contributed by atoms with E-state index in [0.717, 1.165) is 44.6 Å². The van der Waals surface area contributed by atoms with E-state index in [4.69, 9.17) is 9.47 Å². The van der Waals surface area contributed by atoms with Crippen molar-refractivity contribution in [2.75, 3.05) is 33.4 Å². The minimum Gasteiger partial charge on any atom is -0.473 e. The van der Waals surface area contributed by atoms with Crippen LogP contribution in [0.15, 0.2) is 52.9 Å². The summed E-state index contributed by atoms with van der Waals surface area (Å²) in [6, 6.07) is 14.9. The first-order valence-electron chi connectivity index (χ1n) is 13.2. The minimum absolute atomic E-state index is 0.143. The SMILES string of the molecule is COCCN1CCC(c2ccc(CC3C(C)(C)OC(C[C@@H](C)c4ccccc4F)=NS3(=O)=O)cc2)CC1. The van der Waals surface area contributed by atoms with Crippen LogP contribution < -0.4 is 0 Å². The highest BCUT2D eigenvalue weighted by atomic mass is 32.2. The van der Waals surface area contributed by atoms with Gasteiger partial charge in [-0.1, -0.05) is 49.4 Å². The van der Waals surface area contributed by atoms with Crippen LogP contribution in [-0.4, -0.2) is 63.4 Å². The molecule has 1 unspecified atom stereocenters. The van der Waals surface area contributed by atoms with Gasteiger partial charge in [0.25, 0.3) is 10.0 Å². The first-order chi connectivity index (χ1) is 17.6. The summed E-state index contributed by atoms with van der Waals surface area (Å²) >= 11 is 0. The summed E-state index contributed by atoms with van der Waals surface area (Å²) in [6.07, 6.45) is 2.77. The van der Waals surface area contributed by atoms with Gasteiger partial charge in [-0.15, -0.1) is 4.40 Å². The first kappa shape index (κ1) is 27.7. The molecule has 6 nitrogen and oxygen atoms in total. The molecular formula is C29H39FN2O4S. The lowest BCUT2D eigenvalue weighted by Crippen LogP contribution is -2.50. The quantitative estimate of drug-likeness (QED) is 0.441. The van der Waals surface area contributed by atoms with E-state index >= 15 is 0 Å². The second-order valence-electron chi connectivity index (χ2n) is 10.9. The van der Waals surface area contributed by atoms with E-state index in [-0.39, 0.29) is 24.1 Å². The second-order valence-corrected chi connectivity index (χ2v) is 12.7. The van der Waals surface area contributed by atoms with E-state index in [1.807, 2.05) is 19.1 Å². The van der Waals surface area contributed by atoms with Crippen molar-refractivity contribution in [2.45, 2.75) is 69.1 Å². The summed E-state index contributed by atoms with van der Waals surface area (Å²) in [5.41, 5.74) is 1.81. The smallest absolute Gasteiger partial charge is 0.263 e. The van der Waals surface area contributed by atoms with Crippen molar-refractivity contribution < 1.29 is 22.3 Å². The van der Waals surface area contributed by atoms with Crippen molar-refractivity contribution in [1.82, 2.24) is 4.90 Å². The Kier molecular flexibility index (Phi) is 8.71. The monoisotopic (exact) mass is 530 g/mol. The molecule has 0 N–H and O–H groups in total. The Hall–Kier alpha value is -2.29. The summed E-state index contributed by atoms with van der Waals surface area (Å²) in [5.74, 6) is 0.0900. The highest BCUT2D eigenvalue weighted by molar-refractivity contribution is 7.91. The third kappa shape index (κ3) is 6.78. The molecule has 2 aromatic rings. The van der Waals surface area contributed by atoms with Crippen LogP contribution in [0.25, 0.3) is 0 Å². The number of ether oxygens (including phenoxy) is 2. The van der Waals surface area contributed by atoms with E-state index in [1.54, 1.807) is 39.2 Å². The molecule has 0 bridgehead atoms. The fourth-order valence-electron chi connectivity index (χ4n) is 5.48. The molecule has 37 heavy (non-hydrogen) atoms. The van der Waals surface area contributed by atoms with Gasteiger partial charge in [-0.05, 0) is 80.8 Å². The van der Waals surface area contributed by atoms with Gasteiger partial charge < -0.3 is 14.4 Å². The van der Waals surface area contributed by atoms with Crippen molar-refractivity contribution in [2.24, 2.45) is 4.40 Å². The van der Waals surface area contributed by atoms with Crippen molar-refractivity contribution in [1.29, 1.82) is 0 Å². The summed E-state index contributed by atoms with van der Waals surface area (Å²) < 4.78 is 56.1. The number of piperidine rings is 1. The van der Waals surface area contributed by atoms with Crippen molar-refractivity contribution in [3.05, 3.63) is 71.0 Å². The maximum absolute atomic E-state index is 14.2. The number of sulfonamides is 1. The van der Waals surface area contributed by atoms with Crippen LogP contribution in [0.5, 0.6) is 0 Å². The highest BCUT2D eigenvalue weighted by Gasteiger charge is 2.46. The molecule has 0 aliphatic carbocycles. The molecule has 2 atom stereocenters. The van der Waals surface area contributed by atoms with Gasteiger partial charge in [0.1, 0.15) is 16.7 Å². The second kappa shape index (κ2) is 11.6. The average molecular weight is 531 g/mol. The third-order valence-electron chi connectivity index (χ3n) is 7.73. The zero-order chi connectivity index (χ0) is 26.6. The number of rotatable bonds is 9. The molecule has 2 aromatic carbocycles. The Labute approximate surface area is 220 Å². The Bertz CT molecular complexity index is 1190. The van der Waals surface area contributed by atoms with E-state index in [2.05, 4.69) is 21.4 Å². The fraction of sp³-hybridized carbons (Fsp3) is 0.552. The molecule has 2 aliphatic heterocycles. The maximum atomic E-state index is 14.2. The number of benzene rings is 2. The number of nitrogens with zero attached hydrogens (tertiary/aromatic N) is 2. The first-order valence-corrected chi connectivity index (χ1v) is 14.7. The largest absolute Gasteiger partial charge is 0.473 e. The van der Waals surface area contributed by atoms with Gasteiger partial charge in [0.15, 0.2) is 0 Å². The number of halogens is 1. The minimum atomic E-state index is -3.81. The molecule has 202 valence electrons. The van der Waals surface area contributed by atoms with Crippen LogP contribution in [0.3, 0.4) is 0 Å².